The lowest BCUT2D eigenvalue weighted by molar-refractivity contribution is 0.102. The van der Waals surface area contributed by atoms with E-state index >= 15 is 0 Å². The Morgan fingerprint density at radius 1 is 0.393 bits per heavy atom. The van der Waals surface area contributed by atoms with E-state index in [4.69, 9.17) is 21.4 Å². The first-order valence-electron chi connectivity index (χ1n) is 36.4. The van der Waals surface area contributed by atoms with Gasteiger partial charge in [0, 0.05) is 93.1 Å². The molecule has 0 bridgehead atoms. The van der Waals surface area contributed by atoms with Crippen LogP contribution in [0.4, 0.5) is 69.8 Å². The van der Waals surface area contributed by atoms with Crippen molar-refractivity contribution in [2.24, 2.45) is 25.9 Å². The van der Waals surface area contributed by atoms with Gasteiger partial charge in [0.25, 0.3) is 11.1 Å². The fourth-order valence-corrected chi connectivity index (χ4v) is 16.6. The molecule has 0 saturated heterocycles. The zero-order valence-electron chi connectivity index (χ0n) is 60.7. The summed E-state index contributed by atoms with van der Waals surface area (Å²) < 4.78 is 2.92. The number of ketones is 4. The summed E-state index contributed by atoms with van der Waals surface area (Å²) >= 11 is 0. The molecule has 536 valence electrons. The standard InChI is InChI=1S/C85H80N16O6/c1-42-15-13-17-50(35-42)74(102)72-66-54-19-9-11-21-56(54)76(104)68-58(31-33-64(70(66)68)100(7)78(72)106)90-60-40-62(46(5)37-44(60)3)92-84-96-80(86)94-82(98-84)88-52-27-23-48(24-28-52)39-49-25-29-53(30-26-49)89-83-95-81(87)97-85(99-83)93-63-41-61(45(4)38-47(63)6)91-59-32-34-65-71-67(55-20-10-12-22-57(55)77(105)69(59)71)73(79(107)101(65)8)75(103)51-18-14-16-43(2)36-51/h9-22,31-38,40-41,48-49,52-53,90-91H,23-30,39H2,1-8H3,(H4,86,88,92,94,96,98)(H4,87,89,93,95,97,99). The topological polar surface area (TPSA) is 314 Å². The average molecular weight is 1420 g/mol. The van der Waals surface area contributed by atoms with Crippen molar-refractivity contribution in [2.75, 3.05) is 43.4 Å². The monoisotopic (exact) mass is 1420 g/mol. The minimum atomic E-state index is -0.443. The van der Waals surface area contributed by atoms with Gasteiger partial charge >= 0.3 is 0 Å². The Bertz CT molecular complexity index is 5550. The van der Waals surface area contributed by atoms with E-state index < -0.39 is 22.7 Å². The smallest absolute Gasteiger partial charge is 0.262 e. The van der Waals surface area contributed by atoms with Gasteiger partial charge in [0.15, 0.2) is 23.1 Å². The minimum absolute atomic E-state index is 0.0144. The zero-order chi connectivity index (χ0) is 74.4. The second-order valence-corrected chi connectivity index (χ2v) is 29.2. The van der Waals surface area contributed by atoms with E-state index in [-0.39, 0.29) is 58.6 Å². The Labute approximate surface area is 617 Å². The van der Waals surface area contributed by atoms with Gasteiger partial charge in [-0.15, -0.1) is 0 Å². The van der Waals surface area contributed by atoms with Gasteiger partial charge in [0.05, 0.1) is 44.7 Å². The molecule has 0 radical (unpaired) electrons. The molecular formula is C85H80N16O6. The average Bonchev–Trinajstić information content (AvgIpc) is 0.712. The first kappa shape index (κ1) is 68.7. The van der Waals surface area contributed by atoms with Crippen LogP contribution in [-0.2, 0) is 14.1 Å². The van der Waals surface area contributed by atoms with E-state index in [0.717, 1.165) is 91.2 Å². The van der Waals surface area contributed by atoms with Crippen LogP contribution in [0.1, 0.15) is 155 Å². The van der Waals surface area contributed by atoms with Gasteiger partial charge in [0.2, 0.25) is 35.7 Å². The largest absolute Gasteiger partial charge is 0.368 e. The number of nitrogens with one attached hydrogen (secondary N) is 6. The fraction of sp³-hybridized carbons (Fsp3) is 0.247. The van der Waals surface area contributed by atoms with Crippen molar-refractivity contribution in [3.8, 4) is 22.3 Å². The van der Waals surface area contributed by atoms with Crippen LogP contribution in [0.2, 0.25) is 0 Å². The van der Waals surface area contributed by atoms with Gasteiger partial charge in [-0.1, -0.05) is 108 Å². The van der Waals surface area contributed by atoms with Crippen LogP contribution < -0.4 is 54.5 Å². The number of anilines is 12. The first-order valence-corrected chi connectivity index (χ1v) is 36.4. The minimum Gasteiger partial charge on any atom is -0.368 e. The molecule has 16 rings (SSSR count). The maximum Gasteiger partial charge on any atom is 0.262 e. The molecule has 0 aliphatic heterocycles. The summed E-state index contributed by atoms with van der Waals surface area (Å²) in [7, 11) is 3.27. The van der Waals surface area contributed by atoms with Crippen LogP contribution in [0.25, 0.3) is 44.1 Å². The van der Waals surface area contributed by atoms with Crippen LogP contribution >= 0.6 is 0 Å². The van der Waals surface area contributed by atoms with Crippen molar-refractivity contribution >= 4 is 115 Å². The Balaban J connectivity index is 0.551. The summed E-state index contributed by atoms with van der Waals surface area (Å²) in [6.07, 6.45) is 9.28. The van der Waals surface area contributed by atoms with Gasteiger partial charge in [-0.2, -0.15) is 29.9 Å². The highest BCUT2D eigenvalue weighted by Gasteiger charge is 2.37. The lowest BCUT2D eigenvalue weighted by Gasteiger charge is -2.34. The Hall–Kier alpha value is -12.7. The molecule has 22 heteroatoms. The molecular weight excluding hydrogens is 1340 g/mol. The maximum atomic E-state index is 14.8. The number of aromatic nitrogens is 8. The number of carbonyl (C=O) groups excluding carboxylic acids is 4. The number of benzene rings is 8. The molecule has 4 heterocycles. The second-order valence-electron chi connectivity index (χ2n) is 29.2. The number of fused-ring (bicyclic) bond motifs is 4. The van der Waals surface area contributed by atoms with Gasteiger partial charge in [0.1, 0.15) is 0 Å². The summed E-state index contributed by atoms with van der Waals surface area (Å²) in [6.45, 7) is 11.8. The number of carbonyl (C=O) groups is 4. The molecule has 12 aromatic rings. The van der Waals surface area contributed by atoms with Crippen LogP contribution in [0.15, 0.2) is 155 Å². The summed E-state index contributed by atoms with van der Waals surface area (Å²) in [6, 6.07) is 44.2. The SMILES string of the molecule is Cc1cccc(C(=O)c2c3c4c(c(Nc5cc(Nc6nc(N)nc(NC7CCC(CC8CCC(Nc9nc(N)nc(Nc%10cc(Nc%11ccc%12c%13c%11C(=O)c%11ccccc%11-c%13c(C(=O)c%11cccc(C)c%11)c(=O)n%12C)c(C)cc%10C)n9)CC8)CC7)n6)c(C)cc5C)ccc4n(C)c2=O)C(=O)c2ccccc2-3)c1. The number of nitrogens with two attached hydrogens (primary N) is 2. The molecule has 0 atom stereocenters. The highest BCUT2D eigenvalue weighted by molar-refractivity contribution is 6.32. The van der Waals surface area contributed by atoms with Crippen LogP contribution in [0, 0.1) is 53.4 Å². The lowest BCUT2D eigenvalue weighted by Crippen LogP contribution is -2.30. The normalized spacial score (nSPS) is 16.4. The van der Waals surface area contributed by atoms with Crippen molar-refractivity contribution in [3.63, 3.8) is 0 Å². The quantitative estimate of drug-likeness (QED) is 0.0370. The molecule has 4 aliphatic carbocycles. The fourth-order valence-electron chi connectivity index (χ4n) is 16.6. The number of nitrogens with zero attached hydrogens (tertiary/aromatic N) is 8. The lowest BCUT2D eigenvalue weighted by atomic mass is 9.75. The molecule has 10 N–H and O–H groups in total. The van der Waals surface area contributed by atoms with Crippen molar-refractivity contribution in [1.29, 1.82) is 0 Å². The molecule has 0 amide bonds. The van der Waals surface area contributed by atoms with E-state index in [1.54, 1.807) is 86.9 Å². The van der Waals surface area contributed by atoms with Crippen molar-refractivity contribution in [2.45, 2.75) is 111 Å². The Kier molecular flexibility index (Phi) is 17.6. The summed E-state index contributed by atoms with van der Waals surface area (Å²) in [5.41, 5.74) is 26.5. The molecule has 2 saturated carbocycles. The van der Waals surface area contributed by atoms with E-state index in [9.17, 15) is 28.8 Å². The van der Waals surface area contributed by atoms with Gasteiger partial charge in [-0.25, -0.2) is 0 Å². The van der Waals surface area contributed by atoms with E-state index in [1.165, 1.54) is 9.13 Å². The number of pyridine rings is 2. The van der Waals surface area contributed by atoms with Crippen molar-refractivity contribution < 1.29 is 19.2 Å². The number of rotatable bonds is 18. The molecule has 0 spiro atoms. The zero-order valence-corrected chi connectivity index (χ0v) is 60.7. The van der Waals surface area contributed by atoms with Gasteiger partial charge in [-0.3, -0.25) is 28.8 Å². The molecule has 4 aliphatic rings. The number of hydrogen-bond acceptors (Lipinski definition) is 20. The van der Waals surface area contributed by atoms with Crippen LogP contribution in [0.5, 0.6) is 0 Å². The molecule has 8 aromatic carbocycles. The third-order valence-electron chi connectivity index (χ3n) is 22.0. The highest BCUT2D eigenvalue weighted by atomic mass is 16.2. The van der Waals surface area contributed by atoms with Crippen LogP contribution in [0.3, 0.4) is 0 Å². The van der Waals surface area contributed by atoms with E-state index in [1.807, 2.05) is 114 Å². The Morgan fingerprint density at radius 2 is 0.757 bits per heavy atom. The summed E-state index contributed by atoms with van der Waals surface area (Å²) in [4.78, 5) is 115. The van der Waals surface area contributed by atoms with Gasteiger partial charge in [-0.05, 0) is 193 Å². The van der Waals surface area contributed by atoms with E-state index in [0.29, 0.717) is 135 Å². The molecule has 107 heavy (non-hydrogen) atoms. The Morgan fingerprint density at radius 3 is 1.14 bits per heavy atom. The molecule has 2 fully saturated rings. The van der Waals surface area contributed by atoms with Gasteiger partial charge < -0.3 is 52.5 Å². The van der Waals surface area contributed by atoms with Crippen molar-refractivity contribution in [3.05, 3.63) is 244 Å². The predicted molar refractivity (Wildman–Crippen MR) is 422 cm³/mol. The highest BCUT2D eigenvalue weighted by Crippen LogP contribution is 2.48. The summed E-state index contributed by atoms with van der Waals surface area (Å²) in [5, 5.41) is 22.2. The summed E-state index contributed by atoms with van der Waals surface area (Å²) in [5.74, 6) is 1.38. The maximum absolute atomic E-state index is 14.8. The number of aryl methyl sites for hydroxylation is 8. The number of nitrogen functional groups attached to an aromatic ring is 2. The van der Waals surface area contributed by atoms with Crippen LogP contribution in [-0.4, -0.2) is 74.3 Å². The second kappa shape index (κ2) is 27.4. The van der Waals surface area contributed by atoms with E-state index in [2.05, 4.69) is 51.8 Å². The third-order valence-corrected chi connectivity index (χ3v) is 22.0. The molecule has 0 unspecified atom stereocenters. The molecule has 4 aromatic heterocycles. The molecule has 22 nitrogen and oxygen atoms in total. The van der Waals surface area contributed by atoms with Crippen molar-refractivity contribution in [1.82, 2.24) is 39.0 Å². The first-order chi connectivity index (χ1) is 51.6. The predicted octanol–water partition coefficient (Wildman–Crippen LogP) is 15.7. The third kappa shape index (κ3) is 12.7. The number of hydrogen-bond donors (Lipinski definition) is 8.